The van der Waals surface area contributed by atoms with Crippen LogP contribution in [0.25, 0.3) is 0 Å². The SMILES string of the molecule is NCc1ccnc(OCCC(F)(F)F)c1F. The largest absolute Gasteiger partial charge is 0.475 e. The zero-order chi connectivity index (χ0) is 12.2. The summed E-state index contributed by atoms with van der Waals surface area (Å²) in [4.78, 5) is 3.49. The molecule has 0 fully saturated rings. The molecule has 7 heteroatoms. The van der Waals surface area contributed by atoms with Gasteiger partial charge in [-0.05, 0) is 6.07 Å². The highest BCUT2D eigenvalue weighted by Gasteiger charge is 2.27. The van der Waals surface area contributed by atoms with Gasteiger partial charge in [-0.25, -0.2) is 9.37 Å². The molecular weight excluding hydrogens is 228 g/mol. The van der Waals surface area contributed by atoms with Gasteiger partial charge in [0.1, 0.15) is 0 Å². The lowest BCUT2D eigenvalue weighted by molar-refractivity contribution is -0.139. The Morgan fingerprint density at radius 1 is 1.38 bits per heavy atom. The van der Waals surface area contributed by atoms with Crippen molar-refractivity contribution in [2.45, 2.75) is 19.1 Å². The van der Waals surface area contributed by atoms with Gasteiger partial charge in [0.05, 0.1) is 13.0 Å². The number of aromatic nitrogens is 1. The van der Waals surface area contributed by atoms with E-state index >= 15 is 0 Å². The molecule has 0 unspecified atom stereocenters. The summed E-state index contributed by atoms with van der Waals surface area (Å²) < 4.78 is 53.3. The fraction of sp³-hybridized carbons (Fsp3) is 0.444. The fourth-order valence-corrected chi connectivity index (χ4v) is 0.984. The van der Waals surface area contributed by atoms with Crippen molar-refractivity contribution in [1.29, 1.82) is 0 Å². The predicted octanol–water partition coefficient (Wildman–Crippen LogP) is 2.01. The van der Waals surface area contributed by atoms with Crippen LogP contribution in [0.15, 0.2) is 12.3 Å². The molecule has 0 radical (unpaired) electrons. The molecule has 0 aromatic carbocycles. The van der Waals surface area contributed by atoms with Crippen LogP contribution in [-0.4, -0.2) is 17.8 Å². The highest BCUT2D eigenvalue weighted by atomic mass is 19.4. The Morgan fingerprint density at radius 2 is 2.06 bits per heavy atom. The van der Waals surface area contributed by atoms with Gasteiger partial charge in [-0.1, -0.05) is 0 Å². The maximum atomic E-state index is 13.3. The van der Waals surface area contributed by atoms with Crippen LogP contribution >= 0.6 is 0 Å². The number of ether oxygens (including phenoxy) is 1. The Hall–Kier alpha value is -1.37. The van der Waals surface area contributed by atoms with E-state index in [1.807, 2.05) is 0 Å². The van der Waals surface area contributed by atoms with Crippen molar-refractivity contribution < 1.29 is 22.3 Å². The van der Waals surface area contributed by atoms with Gasteiger partial charge in [-0.3, -0.25) is 0 Å². The molecule has 0 spiro atoms. The van der Waals surface area contributed by atoms with Crippen molar-refractivity contribution >= 4 is 0 Å². The van der Waals surface area contributed by atoms with E-state index in [9.17, 15) is 17.6 Å². The van der Waals surface area contributed by atoms with E-state index in [4.69, 9.17) is 5.73 Å². The monoisotopic (exact) mass is 238 g/mol. The average molecular weight is 238 g/mol. The van der Waals surface area contributed by atoms with E-state index in [1.54, 1.807) is 0 Å². The van der Waals surface area contributed by atoms with Crippen LogP contribution in [0.3, 0.4) is 0 Å². The van der Waals surface area contributed by atoms with Crippen LogP contribution in [0, 0.1) is 5.82 Å². The molecule has 0 saturated carbocycles. The highest BCUT2D eigenvalue weighted by Crippen LogP contribution is 2.21. The lowest BCUT2D eigenvalue weighted by atomic mass is 10.2. The summed E-state index contributed by atoms with van der Waals surface area (Å²) in [5, 5.41) is 0. The molecule has 0 aliphatic rings. The predicted molar refractivity (Wildman–Crippen MR) is 48.3 cm³/mol. The van der Waals surface area contributed by atoms with Crippen LogP contribution in [0.4, 0.5) is 17.6 Å². The summed E-state index contributed by atoms with van der Waals surface area (Å²) in [5.74, 6) is -1.26. The van der Waals surface area contributed by atoms with Crippen molar-refractivity contribution in [1.82, 2.24) is 4.98 Å². The number of halogens is 4. The second kappa shape index (κ2) is 5.11. The normalized spacial score (nSPS) is 11.6. The molecule has 1 heterocycles. The van der Waals surface area contributed by atoms with Crippen LogP contribution in [-0.2, 0) is 6.54 Å². The third-order valence-electron chi connectivity index (χ3n) is 1.78. The van der Waals surface area contributed by atoms with Gasteiger partial charge < -0.3 is 10.5 Å². The summed E-state index contributed by atoms with van der Waals surface area (Å²) in [6.07, 6.45) is -4.25. The minimum absolute atomic E-state index is 0.0655. The Balaban J connectivity index is 2.61. The van der Waals surface area contributed by atoms with E-state index in [-0.39, 0.29) is 12.1 Å². The smallest absolute Gasteiger partial charge is 0.392 e. The van der Waals surface area contributed by atoms with Gasteiger partial charge in [0.25, 0.3) is 5.88 Å². The summed E-state index contributed by atoms with van der Waals surface area (Å²) in [6.45, 7) is -0.731. The molecule has 0 saturated heterocycles. The van der Waals surface area contributed by atoms with Crippen LogP contribution in [0.5, 0.6) is 5.88 Å². The Kier molecular flexibility index (Phi) is 4.05. The summed E-state index contributed by atoms with van der Waals surface area (Å²) in [7, 11) is 0. The van der Waals surface area contributed by atoms with E-state index in [0.29, 0.717) is 0 Å². The zero-order valence-corrected chi connectivity index (χ0v) is 8.22. The third-order valence-corrected chi connectivity index (χ3v) is 1.78. The quantitative estimate of drug-likeness (QED) is 0.816. The van der Waals surface area contributed by atoms with Crippen molar-refractivity contribution in [2.24, 2.45) is 5.73 Å². The lowest BCUT2D eigenvalue weighted by Gasteiger charge is -2.09. The number of hydrogen-bond donors (Lipinski definition) is 1. The molecule has 1 aromatic heterocycles. The molecule has 90 valence electrons. The highest BCUT2D eigenvalue weighted by molar-refractivity contribution is 5.23. The maximum absolute atomic E-state index is 13.3. The van der Waals surface area contributed by atoms with Crippen LogP contribution in [0.1, 0.15) is 12.0 Å². The van der Waals surface area contributed by atoms with Crippen molar-refractivity contribution in [3.8, 4) is 5.88 Å². The maximum Gasteiger partial charge on any atom is 0.392 e. The molecule has 0 atom stereocenters. The van der Waals surface area contributed by atoms with Gasteiger partial charge in [-0.2, -0.15) is 13.2 Å². The second-order valence-electron chi connectivity index (χ2n) is 3.01. The number of alkyl halides is 3. The molecule has 3 nitrogen and oxygen atoms in total. The molecule has 2 N–H and O–H groups in total. The molecule has 0 aliphatic carbocycles. The molecule has 1 rings (SSSR count). The Bertz CT molecular complexity index is 354. The number of nitrogens with two attached hydrogens (primary N) is 1. The van der Waals surface area contributed by atoms with E-state index in [2.05, 4.69) is 9.72 Å². The van der Waals surface area contributed by atoms with Crippen molar-refractivity contribution in [3.05, 3.63) is 23.6 Å². The number of hydrogen-bond acceptors (Lipinski definition) is 3. The molecular formula is C9H10F4N2O. The van der Waals surface area contributed by atoms with Crippen molar-refractivity contribution in [2.75, 3.05) is 6.61 Å². The minimum Gasteiger partial charge on any atom is -0.475 e. The standard InChI is InChI=1S/C9H10F4N2O/c10-7-6(5-14)1-3-15-8(7)16-4-2-9(11,12)13/h1,3H,2,4-5,14H2. The molecule has 1 aromatic rings. The van der Waals surface area contributed by atoms with Crippen LogP contribution in [0.2, 0.25) is 0 Å². The van der Waals surface area contributed by atoms with E-state index in [0.717, 1.165) is 0 Å². The number of pyridine rings is 1. The van der Waals surface area contributed by atoms with Gasteiger partial charge >= 0.3 is 6.18 Å². The first kappa shape index (κ1) is 12.7. The van der Waals surface area contributed by atoms with Crippen molar-refractivity contribution in [3.63, 3.8) is 0 Å². The average Bonchev–Trinajstić information content (AvgIpc) is 2.19. The third kappa shape index (κ3) is 3.65. The molecule has 16 heavy (non-hydrogen) atoms. The van der Waals surface area contributed by atoms with Crippen LogP contribution < -0.4 is 10.5 Å². The summed E-state index contributed by atoms with van der Waals surface area (Å²) in [5.41, 5.74) is 5.36. The van der Waals surface area contributed by atoms with E-state index < -0.39 is 30.9 Å². The van der Waals surface area contributed by atoms with Gasteiger partial charge in [0.2, 0.25) is 0 Å². The first-order chi connectivity index (χ1) is 7.44. The summed E-state index contributed by atoms with van der Waals surface area (Å²) in [6, 6.07) is 1.34. The Morgan fingerprint density at radius 3 is 2.62 bits per heavy atom. The second-order valence-corrected chi connectivity index (χ2v) is 3.01. The Labute approximate surface area is 89.2 Å². The van der Waals surface area contributed by atoms with Gasteiger partial charge in [-0.15, -0.1) is 0 Å². The topological polar surface area (TPSA) is 48.1 Å². The van der Waals surface area contributed by atoms with Gasteiger partial charge in [0, 0.05) is 18.3 Å². The fourth-order valence-electron chi connectivity index (χ4n) is 0.984. The molecule has 0 bridgehead atoms. The first-order valence-corrected chi connectivity index (χ1v) is 4.47. The number of rotatable bonds is 4. The molecule has 0 aliphatic heterocycles. The lowest BCUT2D eigenvalue weighted by Crippen LogP contribution is -2.14. The van der Waals surface area contributed by atoms with Gasteiger partial charge in [0.15, 0.2) is 5.82 Å². The first-order valence-electron chi connectivity index (χ1n) is 4.47. The summed E-state index contributed by atoms with van der Waals surface area (Å²) >= 11 is 0. The number of nitrogens with zero attached hydrogens (tertiary/aromatic N) is 1. The minimum atomic E-state index is -4.33. The van der Waals surface area contributed by atoms with E-state index in [1.165, 1.54) is 12.3 Å². The zero-order valence-electron chi connectivity index (χ0n) is 8.22. The molecule has 0 amide bonds.